The van der Waals surface area contributed by atoms with Gasteiger partial charge in [0.05, 0.1) is 48.0 Å². The smallest absolute Gasteiger partial charge is 0.340 e. The molecule has 1 aliphatic carbocycles. The van der Waals surface area contributed by atoms with E-state index in [-0.39, 0.29) is 5.97 Å². The summed E-state index contributed by atoms with van der Waals surface area (Å²) in [5.74, 6) is 0.296. The van der Waals surface area contributed by atoms with Crippen LogP contribution in [0, 0.1) is 13.8 Å². The Morgan fingerprint density at radius 2 is 1.95 bits per heavy atom. The van der Waals surface area contributed by atoms with E-state index in [1.807, 2.05) is 30.5 Å². The Labute approximate surface area is 237 Å². The molecule has 0 spiro atoms. The van der Waals surface area contributed by atoms with Crippen molar-refractivity contribution in [3.05, 3.63) is 62.9 Å². The average molecular weight is 595 g/mol. The van der Waals surface area contributed by atoms with Crippen molar-refractivity contribution < 1.29 is 19.4 Å². The van der Waals surface area contributed by atoms with Gasteiger partial charge in [-0.2, -0.15) is 0 Å². The first kappa shape index (κ1) is 26.4. The molecule has 3 heterocycles. The molecule has 0 saturated carbocycles. The first-order chi connectivity index (χ1) is 18.8. The van der Waals surface area contributed by atoms with Crippen molar-refractivity contribution in [2.45, 2.75) is 65.3 Å². The van der Waals surface area contributed by atoms with Gasteiger partial charge in [0.25, 0.3) is 0 Å². The average Bonchev–Trinajstić information content (AvgIpc) is 3.37. The molecule has 7 nitrogen and oxygen atoms in total. The minimum absolute atomic E-state index is 0.301. The number of ether oxygens (including phenoxy) is 2. The van der Waals surface area contributed by atoms with E-state index in [1.54, 1.807) is 7.11 Å². The Hall–Kier alpha value is -2.81. The number of halogens is 1. The van der Waals surface area contributed by atoms with Crippen LogP contribution in [-0.4, -0.2) is 58.0 Å². The van der Waals surface area contributed by atoms with Gasteiger partial charge in [-0.25, -0.2) is 4.79 Å². The molecule has 0 fully saturated rings. The van der Waals surface area contributed by atoms with Crippen LogP contribution in [0.15, 0.2) is 34.8 Å². The van der Waals surface area contributed by atoms with Crippen molar-refractivity contribution >= 4 is 43.7 Å². The summed E-state index contributed by atoms with van der Waals surface area (Å²) in [4.78, 5) is 15.4. The van der Waals surface area contributed by atoms with Crippen LogP contribution in [-0.2, 0) is 24.2 Å². The lowest BCUT2D eigenvalue weighted by Gasteiger charge is -2.40. The van der Waals surface area contributed by atoms with Gasteiger partial charge in [-0.15, -0.1) is 0 Å². The summed E-state index contributed by atoms with van der Waals surface area (Å²) in [6.45, 7) is 9.01. The molecule has 1 aliphatic heterocycles. The van der Waals surface area contributed by atoms with Gasteiger partial charge in [0, 0.05) is 47.3 Å². The summed E-state index contributed by atoms with van der Waals surface area (Å²) in [7, 11) is 1.61. The molecule has 0 amide bonds. The fourth-order valence-electron chi connectivity index (χ4n) is 6.88. The fourth-order valence-corrected chi connectivity index (χ4v) is 7.37. The second-order valence-electron chi connectivity index (χ2n) is 10.9. The number of aryl methyl sites for hydroxylation is 2. The van der Waals surface area contributed by atoms with E-state index in [1.165, 1.54) is 27.7 Å². The largest absolute Gasteiger partial charge is 0.496 e. The Morgan fingerprint density at radius 3 is 2.72 bits per heavy atom. The molecule has 0 radical (unpaired) electrons. The van der Waals surface area contributed by atoms with Gasteiger partial charge in [0.1, 0.15) is 5.75 Å². The highest BCUT2D eigenvalue weighted by atomic mass is 79.9. The summed E-state index contributed by atoms with van der Waals surface area (Å²) in [6.07, 6.45) is 2.80. The minimum atomic E-state index is -0.598. The van der Waals surface area contributed by atoms with Crippen LogP contribution in [0.4, 0.5) is 0 Å². The van der Waals surface area contributed by atoms with E-state index in [0.717, 1.165) is 53.4 Å². The zero-order chi connectivity index (χ0) is 27.4. The minimum Gasteiger partial charge on any atom is -0.496 e. The summed E-state index contributed by atoms with van der Waals surface area (Å²) < 4.78 is 16.3. The SMILES string of the molecule is CCOC(=O)c1c(C)n(CC(O)CN2CCn3c4c(c5cc(C)ccc53)CCCC42)c2cc(Br)c(OC)cc12. The lowest BCUT2D eigenvalue weighted by molar-refractivity contribution is 0.0519. The molecule has 6 rings (SSSR count). The van der Waals surface area contributed by atoms with Crippen LogP contribution >= 0.6 is 15.9 Å². The molecule has 2 unspecified atom stereocenters. The topological polar surface area (TPSA) is 68.9 Å². The van der Waals surface area contributed by atoms with Gasteiger partial charge >= 0.3 is 5.97 Å². The standard InChI is InChI=1S/C31H36BrN3O4/c1-5-39-31(37)29-19(3)35(27-15-24(32)28(38-4)14-23(27)29)17-20(36)16-33-11-12-34-25-10-9-18(2)13-22(25)21-7-6-8-26(33)30(21)34/h9-10,13-15,20,26,36H,5-8,11-12,16-17H2,1-4H3. The van der Waals surface area contributed by atoms with Crippen LogP contribution in [0.1, 0.15) is 58.7 Å². The highest BCUT2D eigenvalue weighted by Crippen LogP contribution is 2.43. The first-order valence-electron chi connectivity index (χ1n) is 13.9. The molecule has 4 aromatic rings. The van der Waals surface area contributed by atoms with Crippen molar-refractivity contribution in [2.24, 2.45) is 0 Å². The van der Waals surface area contributed by atoms with Crippen molar-refractivity contribution in [2.75, 3.05) is 26.8 Å². The van der Waals surface area contributed by atoms with E-state index in [4.69, 9.17) is 9.47 Å². The molecule has 0 saturated heterocycles. The van der Waals surface area contributed by atoms with E-state index >= 15 is 0 Å². The van der Waals surface area contributed by atoms with Crippen LogP contribution in [0.2, 0.25) is 0 Å². The van der Waals surface area contributed by atoms with Gasteiger partial charge in [-0.1, -0.05) is 11.6 Å². The predicted octanol–water partition coefficient (Wildman–Crippen LogP) is 5.91. The third-order valence-corrected chi connectivity index (χ3v) is 9.17. The third kappa shape index (κ3) is 4.37. The lowest BCUT2D eigenvalue weighted by Crippen LogP contribution is -2.44. The predicted molar refractivity (Wildman–Crippen MR) is 157 cm³/mol. The molecule has 0 bridgehead atoms. The molecule has 2 aromatic carbocycles. The zero-order valence-corrected chi connectivity index (χ0v) is 24.7. The van der Waals surface area contributed by atoms with E-state index in [0.29, 0.717) is 37.1 Å². The second kappa shape index (κ2) is 10.3. The Kier molecular flexibility index (Phi) is 6.98. The number of esters is 1. The van der Waals surface area contributed by atoms with Crippen LogP contribution < -0.4 is 4.74 Å². The highest BCUT2D eigenvalue weighted by Gasteiger charge is 2.35. The normalized spacial score (nSPS) is 17.9. The van der Waals surface area contributed by atoms with Crippen LogP contribution in [0.25, 0.3) is 21.8 Å². The van der Waals surface area contributed by atoms with Crippen molar-refractivity contribution in [3.8, 4) is 5.75 Å². The summed E-state index contributed by atoms with van der Waals surface area (Å²) >= 11 is 3.60. The van der Waals surface area contributed by atoms with Gasteiger partial charge in [0.15, 0.2) is 0 Å². The molecule has 2 aliphatic rings. The van der Waals surface area contributed by atoms with Crippen molar-refractivity contribution in [1.82, 2.24) is 14.0 Å². The quantitative estimate of drug-likeness (QED) is 0.270. The molecule has 206 valence electrons. The maximum Gasteiger partial charge on any atom is 0.340 e. The second-order valence-corrected chi connectivity index (χ2v) is 11.7. The maximum absolute atomic E-state index is 13.0. The maximum atomic E-state index is 13.0. The van der Waals surface area contributed by atoms with E-state index in [9.17, 15) is 9.90 Å². The summed E-state index contributed by atoms with van der Waals surface area (Å²) in [6, 6.07) is 11.0. The third-order valence-electron chi connectivity index (χ3n) is 8.55. The van der Waals surface area contributed by atoms with Crippen molar-refractivity contribution in [3.63, 3.8) is 0 Å². The number of hydrogen-bond donors (Lipinski definition) is 1. The highest BCUT2D eigenvalue weighted by molar-refractivity contribution is 9.10. The molecule has 2 aromatic heterocycles. The lowest BCUT2D eigenvalue weighted by atomic mass is 9.89. The fraction of sp³-hybridized carbons (Fsp3) is 0.452. The number of carbonyl (C=O) groups is 1. The number of aliphatic hydroxyl groups is 1. The Bertz CT molecular complexity index is 1590. The molecule has 1 N–H and O–H groups in total. The molecule has 8 heteroatoms. The molecule has 2 atom stereocenters. The summed E-state index contributed by atoms with van der Waals surface area (Å²) in [5, 5.41) is 13.6. The Balaban J connectivity index is 1.31. The number of methoxy groups -OCH3 is 1. The number of rotatable bonds is 7. The molecular weight excluding hydrogens is 558 g/mol. The Morgan fingerprint density at radius 1 is 1.13 bits per heavy atom. The number of aromatic nitrogens is 2. The number of fused-ring (bicyclic) bond motifs is 4. The monoisotopic (exact) mass is 593 g/mol. The van der Waals surface area contributed by atoms with Crippen molar-refractivity contribution in [1.29, 1.82) is 0 Å². The number of carbonyl (C=O) groups excluding carboxylic acids is 1. The zero-order valence-electron chi connectivity index (χ0n) is 23.1. The summed E-state index contributed by atoms with van der Waals surface area (Å²) in [5.41, 5.74) is 7.78. The van der Waals surface area contributed by atoms with Gasteiger partial charge in [-0.05, 0) is 85.8 Å². The van der Waals surface area contributed by atoms with Crippen LogP contribution in [0.5, 0.6) is 5.75 Å². The number of β-amino-alcohol motifs (C(OH)–C–C–N with tert-alkyl or cyclic N) is 1. The van der Waals surface area contributed by atoms with Gasteiger partial charge < -0.3 is 23.7 Å². The van der Waals surface area contributed by atoms with E-state index < -0.39 is 6.10 Å². The molecular formula is C31H36BrN3O4. The van der Waals surface area contributed by atoms with Gasteiger partial charge in [-0.3, -0.25) is 4.90 Å². The number of hydrogen-bond acceptors (Lipinski definition) is 5. The molecule has 39 heavy (non-hydrogen) atoms. The number of nitrogens with zero attached hydrogens (tertiary/aromatic N) is 3. The number of benzene rings is 2. The van der Waals surface area contributed by atoms with E-state index in [2.05, 4.69) is 50.5 Å². The van der Waals surface area contributed by atoms with Gasteiger partial charge in [0.2, 0.25) is 0 Å². The number of aliphatic hydroxyl groups excluding tert-OH is 1. The first-order valence-corrected chi connectivity index (χ1v) is 14.7. The van der Waals surface area contributed by atoms with Crippen LogP contribution in [0.3, 0.4) is 0 Å².